The van der Waals surface area contributed by atoms with Crippen LogP contribution in [0.2, 0.25) is 0 Å². The van der Waals surface area contributed by atoms with E-state index in [0.29, 0.717) is 5.76 Å². The zero-order valence-corrected chi connectivity index (χ0v) is 11.5. The van der Waals surface area contributed by atoms with Gasteiger partial charge in [0, 0.05) is 11.6 Å². The normalized spacial score (nSPS) is 13.7. The molecule has 2 heterocycles. The zero-order valence-electron chi connectivity index (χ0n) is 10.7. The summed E-state index contributed by atoms with van der Waals surface area (Å²) in [5.74, 6) is 0.568. The molecular weight excluding hydrogens is 278 g/mol. The van der Waals surface area contributed by atoms with Crippen LogP contribution in [0.25, 0.3) is 11.0 Å². The van der Waals surface area contributed by atoms with Gasteiger partial charge in [0.05, 0.1) is 12.2 Å². The van der Waals surface area contributed by atoms with Crippen molar-refractivity contribution in [3.63, 3.8) is 0 Å². The van der Waals surface area contributed by atoms with Gasteiger partial charge in [-0.3, -0.25) is 5.10 Å². The summed E-state index contributed by atoms with van der Waals surface area (Å²) in [6.07, 6.45) is 2.58. The summed E-state index contributed by atoms with van der Waals surface area (Å²) in [5.41, 5.74) is 0.733. The number of hydrogen-bond donors (Lipinski definition) is 2. The van der Waals surface area contributed by atoms with E-state index in [1.54, 1.807) is 6.92 Å². The van der Waals surface area contributed by atoms with Crippen molar-refractivity contribution in [3.05, 3.63) is 48.5 Å². The number of fused-ring (bicyclic) bond motifs is 1. The highest BCUT2D eigenvalue weighted by Crippen LogP contribution is 2.24. The second-order valence-corrected chi connectivity index (χ2v) is 6.18. The Bertz CT molecular complexity index is 789. The summed E-state index contributed by atoms with van der Waals surface area (Å²) in [5, 5.41) is 7.05. The number of para-hydroxylation sites is 1. The number of H-pyrrole nitrogens is 1. The van der Waals surface area contributed by atoms with Gasteiger partial charge < -0.3 is 4.42 Å². The molecule has 0 aliphatic heterocycles. The Morgan fingerprint density at radius 3 is 2.85 bits per heavy atom. The van der Waals surface area contributed by atoms with E-state index < -0.39 is 16.1 Å². The van der Waals surface area contributed by atoms with Crippen LogP contribution >= 0.6 is 0 Å². The summed E-state index contributed by atoms with van der Waals surface area (Å²) in [6.45, 7) is 1.73. The fourth-order valence-corrected chi connectivity index (χ4v) is 3.08. The molecule has 0 aliphatic rings. The van der Waals surface area contributed by atoms with Crippen molar-refractivity contribution in [2.24, 2.45) is 0 Å². The quantitative estimate of drug-likeness (QED) is 0.771. The molecule has 1 aromatic carbocycles. The molecule has 0 amide bonds. The fraction of sp³-hybridized carbons (Fsp3) is 0.154. The van der Waals surface area contributed by atoms with Gasteiger partial charge in [-0.1, -0.05) is 18.2 Å². The molecule has 3 rings (SSSR count). The first kappa shape index (κ1) is 12.9. The van der Waals surface area contributed by atoms with Gasteiger partial charge in [-0.05, 0) is 19.1 Å². The standard InChI is InChI=1S/C13H13N3O3S/c1-9(16-20(17,18)11-7-14-15-8-11)13-6-10-4-2-3-5-12(10)19-13/h2-9,16H,1H3,(H,14,15). The third kappa shape index (κ3) is 2.33. The lowest BCUT2D eigenvalue weighted by molar-refractivity contribution is 0.484. The highest BCUT2D eigenvalue weighted by molar-refractivity contribution is 7.89. The summed E-state index contributed by atoms with van der Waals surface area (Å²) in [6, 6.07) is 8.90. The summed E-state index contributed by atoms with van der Waals surface area (Å²) >= 11 is 0. The molecule has 0 saturated carbocycles. The molecule has 2 N–H and O–H groups in total. The second-order valence-electron chi connectivity index (χ2n) is 4.46. The Kier molecular flexibility index (Phi) is 3.07. The molecule has 1 atom stereocenters. The first-order chi connectivity index (χ1) is 9.56. The van der Waals surface area contributed by atoms with E-state index >= 15 is 0 Å². The Hall–Kier alpha value is -2.12. The average Bonchev–Trinajstić information content (AvgIpc) is 3.07. The Labute approximate surface area is 115 Å². The molecule has 2 aromatic heterocycles. The van der Waals surface area contributed by atoms with Crippen LogP contribution in [0.4, 0.5) is 0 Å². The molecule has 3 aromatic rings. The van der Waals surface area contributed by atoms with Gasteiger partial charge in [0.25, 0.3) is 0 Å². The average molecular weight is 291 g/mol. The number of nitrogens with one attached hydrogen (secondary N) is 2. The molecule has 0 aliphatic carbocycles. The van der Waals surface area contributed by atoms with Crippen molar-refractivity contribution in [1.29, 1.82) is 0 Å². The summed E-state index contributed by atoms with van der Waals surface area (Å²) in [4.78, 5) is 0.0976. The molecule has 6 nitrogen and oxygen atoms in total. The van der Waals surface area contributed by atoms with E-state index in [0.717, 1.165) is 11.0 Å². The van der Waals surface area contributed by atoms with Crippen molar-refractivity contribution in [2.75, 3.05) is 0 Å². The van der Waals surface area contributed by atoms with Gasteiger partial charge in [-0.25, -0.2) is 13.1 Å². The Morgan fingerprint density at radius 1 is 1.35 bits per heavy atom. The Morgan fingerprint density at radius 2 is 2.15 bits per heavy atom. The van der Waals surface area contributed by atoms with Crippen LogP contribution in [0.15, 0.2) is 52.0 Å². The number of aromatic amines is 1. The maximum atomic E-state index is 12.1. The first-order valence-corrected chi connectivity index (χ1v) is 7.54. The van der Waals surface area contributed by atoms with E-state index in [-0.39, 0.29) is 4.90 Å². The predicted molar refractivity (Wildman–Crippen MR) is 73.5 cm³/mol. The van der Waals surface area contributed by atoms with Gasteiger partial charge in [0.1, 0.15) is 16.2 Å². The fourth-order valence-electron chi connectivity index (χ4n) is 1.96. The maximum absolute atomic E-state index is 12.1. The highest BCUT2D eigenvalue weighted by Gasteiger charge is 2.21. The molecular formula is C13H13N3O3S. The molecule has 0 fully saturated rings. The van der Waals surface area contributed by atoms with Crippen molar-refractivity contribution >= 4 is 21.0 Å². The number of sulfonamides is 1. The van der Waals surface area contributed by atoms with Gasteiger partial charge >= 0.3 is 0 Å². The van der Waals surface area contributed by atoms with E-state index in [9.17, 15) is 8.42 Å². The third-order valence-electron chi connectivity index (χ3n) is 2.99. The van der Waals surface area contributed by atoms with Crippen LogP contribution in [0.3, 0.4) is 0 Å². The van der Waals surface area contributed by atoms with E-state index in [1.807, 2.05) is 30.3 Å². The lowest BCUT2D eigenvalue weighted by Crippen LogP contribution is -2.26. The minimum atomic E-state index is -3.61. The molecule has 1 unspecified atom stereocenters. The molecule has 0 radical (unpaired) electrons. The smallest absolute Gasteiger partial charge is 0.244 e. The van der Waals surface area contributed by atoms with Crippen molar-refractivity contribution in [2.45, 2.75) is 17.9 Å². The van der Waals surface area contributed by atoms with Crippen LogP contribution in [0.1, 0.15) is 18.7 Å². The lowest BCUT2D eigenvalue weighted by atomic mass is 10.2. The highest BCUT2D eigenvalue weighted by atomic mass is 32.2. The minimum Gasteiger partial charge on any atom is -0.459 e. The SMILES string of the molecule is CC(NS(=O)(=O)c1cn[nH]c1)c1cc2ccccc2o1. The van der Waals surface area contributed by atoms with Crippen molar-refractivity contribution < 1.29 is 12.8 Å². The van der Waals surface area contributed by atoms with Crippen LogP contribution < -0.4 is 4.72 Å². The van der Waals surface area contributed by atoms with Gasteiger partial charge in [0.2, 0.25) is 10.0 Å². The minimum absolute atomic E-state index is 0.0976. The second kappa shape index (κ2) is 4.77. The van der Waals surface area contributed by atoms with E-state index in [2.05, 4.69) is 14.9 Å². The van der Waals surface area contributed by atoms with Gasteiger partial charge in [0.15, 0.2) is 0 Å². The van der Waals surface area contributed by atoms with Gasteiger partial charge in [-0.15, -0.1) is 0 Å². The van der Waals surface area contributed by atoms with Crippen LogP contribution in [-0.2, 0) is 10.0 Å². The van der Waals surface area contributed by atoms with Crippen molar-refractivity contribution in [1.82, 2.24) is 14.9 Å². The predicted octanol–water partition coefficient (Wildman–Crippen LogP) is 2.20. The molecule has 7 heteroatoms. The first-order valence-electron chi connectivity index (χ1n) is 6.06. The van der Waals surface area contributed by atoms with Crippen LogP contribution in [0.5, 0.6) is 0 Å². The molecule has 20 heavy (non-hydrogen) atoms. The third-order valence-corrected chi connectivity index (χ3v) is 4.49. The topological polar surface area (TPSA) is 88.0 Å². The maximum Gasteiger partial charge on any atom is 0.244 e. The van der Waals surface area contributed by atoms with Crippen molar-refractivity contribution in [3.8, 4) is 0 Å². The zero-order chi connectivity index (χ0) is 14.2. The molecule has 0 saturated heterocycles. The number of aromatic nitrogens is 2. The van der Waals surface area contributed by atoms with E-state index in [1.165, 1.54) is 12.4 Å². The van der Waals surface area contributed by atoms with E-state index in [4.69, 9.17) is 4.42 Å². The largest absolute Gasteiger partial charge is 0.459 e. The van der Waals surface area contributed by atoms with Crippen LogP contribution in [-0.4, -0.2) is 18.6 Å². The number of hydrogen-bond acceptors (Lipinski definition) is 4. The van der Waals surface area contributed by atoms with Gasteiger partial charge in [-0.2, -0.15) is 5.10 Å². The summed E-state index contributed by atoms with van der Waals surface area (Å²) in [7, 11) is -3.61. The Balaban J connectivity index is 1.88. The molecule has 0 bridgehead atoms. The molecule has 0 spiro atoms. The number of benzene rings is 1. The number of nitrogens with zero attached hydrogens (tertiary/aromatic N) is 1. The van der Waals surface area contributed by atoms with Crippen LogP contribution in [0, 0.1) is 0 Å². The lowest BCUT2D eigenvalue weighted by Gasteiger charge is -2.10. The summed E-state index contributed by atoms with van der Waals surface area (Å²) < 4.78 is 32.4. The number of furan rings is 1. The number of rotatable bonds is 4. The monoisotopic (exact) mass is 291 g/mol. The molecule has 104 valence electrons.